The summed E-state index contributed by atoms with van der Waals surface area (Å²) in [7, 11) is -4.02. The standard InChI is InChI=1S/C33H44N4O8S/c1-4-5-6-7-8-15-20-33(23-29(39)40)30(41)34-32(43)36(31(33)42)37(24-27-16-11-9-12-17-27,25-28-18-13-10-14-19-28)22-21-35(26(2)38)46(3,44)45/h9-14,16-19H,4-8,15,20-25H2,1-3H3,(H-,34,39,40,41,43)/p+1. The number of imide groups is 2. The number of nitrogens with zero attached hydrogens (tertiary/aromatic N) is 3. The number of amides is 5. The van der Waals surface area contributed by atoms with Crippen molar-refractivity contribution in [1.29, 1.82) is 0 Å². The number of barbiturate groups is 1. The number of urea groups is 1. The summed E-state index contributed by atoms with van der Waals surface area (Å²) in [5.74, 6) is -4.03. The maximum absolute atomic E-state index is 14.7. The summed E-state index contributed by atoms with van der Waals surface area (Å²) >= 11 is 0. The molecular weight excluding hydrogens is 612 g/mol. The van der Waals surface area contributed by atoms with E-state index in [1.54, 1.807) is 60.7 Å². The van der Waals surface area contributed by atoms with Gasteiger partial charge in [-0.2, -0.15) is 4.59 Å². The molecule has 1 fully saturated rings. The van der Waals surface area contributed by atoms with Gasteiger partial charge in [0.1, 0.15) is 25.0 Å². The van der Waals surface area contributed by atoms with Gasteiger partial charge in [-0.15, -0.1) is 0 Å². The third-order valence-electron chi connectivity index (χ3n) is 8.39. The number of rotatable bonds is 18. The van der Waals surface area contributed by atoms with Crippen LogP contribution in [0.3, 0.4) is 0 Å². The minimum Gasteiger partial charge on any atom is -0.481 e. The van der Waals surface area contributed by atoms with Crippen molar-refractivity contribution in [2.75, 3.05) is 19.3 Å². The monoisotopic (exact) mass is 657 g/mol. The molecular formula is C33H45N4O8S+. The third kappa shape index (κ3) is 9.00. The van der Waals surface area contributed by atoms with Crippen molar-refractivity contribution in [2.45, 2.75) is 78.3 Å². The van der Waals surface area contributed by atoms with Gasteiger partial charge < -0.3 is 5.11 Å². The second-order valence-electron chi connectivity index (χ2n) is 12.0. The summed E-state index contributed by atoms with van der Waals surface area (Å²) in [4.78, 5) is 66.8. The third-order valence-corrected chi connectivity index (χ3v) is 9.63. The maximum atomic E-state index is 14.7. The Morgan fingerprint density at radius 2 is 1.41 bits per heavy atom. The van der Waals surface area contributed by atoms with Gasteiger partial charge >= 0.3 is 12.0 Å². The highest BCUT2D eigenvalue weighted by Gasteiger charge is 2.61. The van der Waals surface area contributed by atoms with Crippen LogP contribution in [-0.2, 0) is 42.3 Å². The van der Waals surface area contributed by atoms with E-state index in [-0.39, 0.29) is 32.6 Å². The Hall–Kier alpha value is -4.10. The molecule has 0 spiro atoms. The molecule has 1 unspecified atom stereocenters. The van der Waals surface area contributed by atoms with E-state index in [1.165, 1.54) is 0 Å². The minimum absolute atomic E-state index is 0.0151. The molecule has 0 aromatic heterocycles. The fourth-order valence-corrected chi connectivity index (χ4v) is 6.99. The number of nitrogens with one attached hydrogen (secondary N) is 1. The Balaban J connectivity index is 2.20. The average molecular weight is 658 g/mol. The molecule has 5 amide bonds. The molecule has 2 aromatic carbocycles. The molecule has 2 N–H and O–H groups in total. The Morgan fingerprint density at radius 3 is 1.89 bits per heavy atom. The zero-order valence-electron chi connectivity index (χ0n) is 26.8. The number of carboxylic acid groups (broad SMARTS) is 1. The number of sulfonamides is 1. The van der Waals surface area contributed by atoms with E-state index in [0.29, 0.717) is 28.3 Å². The van der Waals surface area contributed by atoms with Crippen molar-refractivity contribution in [3.63, 3.8) is 0 Å². The van der Waals surface area contributed by atoms with Gasteiger partial charge in [0.05, 0.1) is 19.2 Å². The van der Waals surface area contributed by atoms with E-state index in [2.05, 4.69) is 12.2 Å². The van der Waals surface area contributed by atoms with Gasteiger partial charge in [-0.3, -0.25) is 24.5 Å². The van der Waals surface area contributed by atoms with Crippen molar-refractivity contribution >= 4 is 39.7 Å². The quantitative estimate of drug-likeness (QED) is 0.137. The molecule has 2 aromatic rings. The number of aliphatic carboxylic acids is 1. The van der Waals surface area contributed by atoms with Crippen LogP contribution in [0.1, 0.15) is 76.3 Å². The van der Waals surface area contributed by atoms with E-state index < -0.39 is 56.2 Å². The van der Waals surface area contributed by atoms with Crippen LogP contribution in [0.2, 0.25) is 0 Å². The van der Waals surface area contributed by atoms with E-state index in [1.807, 2.05) is 0 Å². The smallest absolute Gasteiger partial charge is 0.376 e. The van der Waals surface area contributed by atoms with Crippen molar-refractivity contribution in [3.05, 3.63) is 71.8 Å². The number of carbonyl (C=O) groups is 5. The van der Waals surface area contributed by atoms with Crippen LogP contribution in [0, 0.1) is 5.41 Å². The summed E-state index contributed by atoms with van der Waals surface area (Å²) in [6.07, 6.45) is 4.93. The first-order valence-electron chi connectivity index (χ1n) is 15.6. The fraction of sp³-hybridized carbons (Fsp3) is 0.485. The van der Waals surface area contributed by atoms with E-state index >= 15 is 0 Å². The molecule has 0 aliphatic carbocycles. The molecule has 0 bridgehead atoms. The van der Waals surface area contributed by atoms with Gasteiger partial charge in [0, 0.05) is 18.1 Å². The normalized spacial score (nSPS) is 17.1. The Bertz CT molecular complexity index is 1460. The molecule has 13 heteroatoms. The predicted molar refractivity (Wildman–Crippen MR) is 171 cm³/mol. The van der Waals surface area contributed by atoms with Crippen LogP contribution in [-0.4, -0.2) is 76.5 Å². The van der Waals surface area contributed by atoms with Gasteiger partial charge in [-0.25, -0.2) is 17.5 Å². The van der Waals surface area contributed by atoms with Gasteiger partial charge in [-0.05, 0) is 6.42 Å². The number of hydrogen-bond donors (Lipinski definition) is 2. The van der Waals surface area contributed by atoms with Crippen molar-refractivity contribution in [2.24, 2.45) is 5.41 Å². The zero-order chi connectivity index (χ0) is 34.0. The largest absolute Gasteiger partial charge is 0.481 e. The maximum Gasteiger partial charge on any atom is 0.376 e. The first-order chi connectivity index (χ1) is 21.8. The second-order valence-corrected chi connectivity index (χ2v) is 13.9. The van der Waals surface area contributed by atoms with Crippen LogP contribution in [0.25, 0.3) is 0 Å². The van der Waals surface area contributed by atoms with Crippen LogP contribution >= 0.6 is 0 Å². The highest BCUT2D eigenvalue weighted by molar-refractivity contribution is 7.88. The molecule has 1 aliphatic heterocycles. The van der Waals surface area contributed by atoms with Crippen molar-refractivity contribution in [1.82, 2.24) is 14.6 Å². The molecule has 1 saturated heterocycles. The number of unbranched alkanes of at least 4 members (excludes halogenated alkanes) is 5. The Morgan fingerprint density at radius 1 is 0.891 bits per heavy atom. The summed E-state index contributed by atoms with van der Waals surface area (Å²) in [6, 6.07) is 16.8. The molecule has 46 heavy (non-hydrogen) atoms. The lowest BCUT2D eigenvalue weighted by Crippen LogP contribution is -2.74. The summed E-state index contributed by atoms with van der Waals surface area (Å²) < 4.78 is 25.4. The van der Waals surface area contributed by atoms with E-state index in [0.717, 1.165) is 43.9 Å². The number of quaternary nitrogens is 1. The van der Waals surface area contributed by atoms with Crippen molar-refractivity contribution < 1.29 is 42.1 Å². The number of hydrogen-bond acceptors (Lipinski definition) is 7. The van der Waals surface area contributed by atoms with Crippen LogP contribution in [0.4, 0.5) is 4.79 Å². The first kappa shape index (κ1) is 36.4. The minimum atomic E-state index is -4.02. The summed E-state index contributed by atoms with van der Waals surface area (Å²) in [5, 5.41) is 13.1. The number of carbonyl (C=O) groups excluding carboxylic acids is 4. The van der Waals surface area contributed by atoms with Gasteiger partial charge in [0.2, 0.25) is 21.8 Å². The predicted octanol–water partition coefficient (Wildman–Crippen LogP) is 4.22. The average Bonchev–Trinajstić information content (AvgIpc) is 2.97. The van der Waals surface area contributed by atoms with Crippen LogP contribution in [0.5, 0.6) is 0 Å². The molecule has 0 radical (unpaired) electrons. The summed E-state index contributed by atoms with van der Waals surface area (Å²) in [5.41, 5.74) is -0.702. The van der Waals surface area contributed by atoms with E-state index in [9.17, 15) is 37.5 Å². The Kier molecular flexibility index (Phi) is 12.6. The van der Waals surface area contributed by atoms with Gasteiger partial charge in [0.15, 0.2) is 0 Å². The Labute approximate surface area is 271 Å². The zero-order valence-corrected chi connectivity index (χ0v) is 27.6. The molecule has 0 saturated carbocycles. The lowest BCUT2D eigenvalue weighted by atomic mass is 9.76. The highest BCUT2D eigenvalue weighted by Crippen LogP contribution is 2.39. The SMILES string of the molecule is CCCCCCCCC1(CC(=O)O)C(=O)NC(=O)N([N+](CCN(C(C)=O)S(C)(=O)=O)(Cc2ccccc2)Cc2ccccc2)C1=O. The molecule has 250 valence electrons. The van der Waals surface area contributed by atoms with Gasteiger partial charge in [-0.1, -0.05) is 111 Å². The van der Waals surface area contributed by atoms with Crippen LogP contribution in [0.15, 0.2) is 60.7 Å². The van der Waals surface area contributed by atoms with Crippen LogP contribution < -0.4 is 5.32 Å². The topological polar surface area (TPSA) is 158 Å². The molecule has 12 nitrogen and oxygen atoms in total. The highest BCUT2D eigenvalue weighted by atomic mass is 32.2. The number of benzene rings is 2. The molecule has 1 heterocycles. The fourth-order valence-electron chi connectivity index (χ4n) is 6.11. The lowest BCUT2D eigenvalue weighted by Gasteiger charge is -2.49. The molecule has 1 aliphatic rings. The van der Waals surface area contributed by atoms with E-state index in [4.69, 9.17) is 0 Å². The molecule has 3 rings (SSSR count). The summed E-state index contributed by atoms with van der Waals surface area (Å²) in [6.45, 7) is 2.54. The lowest BCUT2D eigenvalue weighted by molar-refractivity contribution is -1.03. The number of carboxylic acids is 1. The second kappa shape index (κ2) is 15.9. The first-order valence-corrected chi connectivity index (χ1v) is 17.4. The molecule has 1 atom stereocenters. The van der Waals surface area contributed by atoms with Gasteiger partial charge in [0.25, 0.3) is 5.91 Å². The van der Waals surface area contributed by atoms with Crippen molar-refractivity contribution in [3.8, 4) is 0 Å².